The Balaban J connectivity index is 1.27. The molecular weight excluding hydrogens is 508 g/mol. The molecule has 11 heteroatoms. The fourth-order valence-corrected chi connectivity index (χ4v) is 4.26. The maximum atomic E-state index is 12.5. The Labute approximate surface area is 221 Å². The van der Waals surface area contributed by atoms with Crippen LogP contribution in [0.15, 0.2) is 83.4 Å². The van der Waals surface area contributed by atoms with E-state index in [1.165, 1.54) is 47.3 Å². The van der Waals surface area contributed by atoms with Crippen molar-refractivity contribution < 1.29 is 19.8 Å². The lowest BCUT2D eigenvalue weighted by Gasteiger charge is -2.11. The molecule has 0 spiro atoms. The predicted molar refractivity (Wildman–Crippen MR) is 143 cm³/mol. The van der Waals surface area contributed by atoms with Crippen LogP contribution in [0.2, 0.25) is 5.02 Å². The topological polar surface area (TPSA) is 142 Å². The lowest BCUT2D eigenvalue weighted by Crippen LogP contribution is -2.06. The highest BCUT2D eigenvalue weighted by molar-refractivity contribution is 6.31. The van der Waals surface area contributed by atoms with Crippen molar-refractivity contribution in [1.82, 2.24) is 14.5 Å². The molecule has 10 nitrogen and oxygen atoms in total. The Hall–Kier alpha value is -4.83. The summed E-state index contributed by atoms with van der Waals surface area (Å²) in [4.78, 5) is 32.7. The number of aromatic nitrogens is 3. The molecule has 3 aromatic heterocycles. The van der Waals surface area contributed by atoms with E-state index in [0.29, 0.717) is 29.9 Å². The van der Waals surface area contributed by atoms with Crippen LogP contribution in [0.1, 0.15) is 27.1 Å². The summed E-state index contributed by atoms with van der Waals surface area (Å²) in [5.74, 6) is -1.72. The number of carbonyl (C=O) groups excluding carboxylic acids is 2. The quantitative estimate of drug-likeness (QED) is 0.185. The van der Waals surface area contributed by atoms with Gasteiger partial charge in [0.2, 0.25) is 11.8 Å². The number of azo groups is 1. The van der Waals surface area contributed by atoms with Gasteiger partial charge < -0.3 is 15.5 Å². The molecule has 0 aliphatic heterocycles. The van der Waals surface area contributed by atoms with E-state index >= 15 is 0 Å². The van der Waals surface area contributed by atoms with Crippen molar-refractivity contribution in [2.75, 3.05) is 11.9 Å². The third kappa shape index (κ3) is 5.02. The maximum Gasteiger partial charge on any atom is 0.295 e. The third-order valence-corrected chi connectivity index (χ3v) is 6.23. The molecule has 0 fully saturated rings. The van der Waals surface area contributed by atoms with Crippen molar-refractivity contribution in [3.05, 3.63) is 89.3 Å². The number of rotatable bonds is 7. The van der Waals surface area contributed by atoms with Crippen LogP contribution in [-0.4, -0.2) is 43.1 Å². The van der Waals surface area contributed by atoms with Gasteiger partial charge in [0, 0.05) is 69.7 Å². The van der Waals surface area contributed by atoms with E-state index in [9.17, 15) is 19.8 Å². The number of hydrogen-bond donors (Lipinski definition) is 3. The summed E-state index contributed by atoms with van der Waals surface area (Å²) in [5, 5.41) is 34.0. The van der Waals surface area contributed by atoms with Crippen molar-refractivity contribution >= 4 is 50.8 Å². The number of hydrogen-bond acceptors (Lipinski definition) is 7. The molecule has 0 unspecified atom stereocenters. The van der Waals surface area contributed by atoms with Gasteiger partial charge >= 0.3 is 0 Å². The maximum absolute atomic E-state index is 12.5. The van der Waals surface area contributed by atoms with Crippen LogP contribution < -0.4 is 5.32 Å². The predicted octanol–water partition coefficient (Wildman–Crippen LogP) is 5.58. The van der Waals surface area contributed by atoms with E-state index in [1.54, 1.807) is 18.3 Å². The van der Waals surface area contributed by atoms with E-state index in [4.69, 9.17) is 11.6 Å². The minimum Gasteiger partial charge on any atom is -0.494 e. The number of anilines is 1. The summed E-state index contributed by atoms with van der Waals surface area (Å²) in [6, 6.07) is 14.7. The van der Waals surface area contributed by atoms with Crippen LogP contribution in [0.5, 0.6) is 11.8 Å². The van der Waals surface area contributed by atoms with Crippen LogP contribution >= 0.6 is 11.6 Å². The van der Waals surface area contributed by atoms with Gasteiger partial charge in [-0.3, -0.25) is 24.1 Å². The molecule has 38 heavy (non-hydrogen) atoms. The molecule has 0 bridgehead atoms. The SMILES string of the molecule is O=C(N=NC(=O)c1ccc2c(O)n(CCCNc3ccnc4cc(Cl)ccc34)c(O)c2c1)c1ccncc1. The summed E-state index contributed by atoms with van der Waals surface area (Å²) >= 11 is 6.05. The molecule has 5 aromatic rings. The number of pyridine rings is 2. The molecule has 0 radical (unpaired) electrons. The minimum atomic E-state index is -0.754. The molecule has 2 aromatic carbocycles. The first-order chi connectivity index (χ1) is 18.4. The van der Waals surface area contributed by atoms with Crippen LogP contribution in [0.25, 0.3) is 21.7 Å². The number of aromatic hydroxyl groups is 2. The molecule has 3 heterocycles. The molecule has 2 amide bonds. The largest absolute Gasteiger partial charge is 0.494 e. The highest BCUT2D eigenvalue weighted by atomic mass is 35.5. The zero-order valence-electron chi connectivity index (χ0n) is 19.9. The molecule has 0 saturated carbocycles. The number of benzene rings is 2. The Morgan fingerprint density at radius 1 is 0.842 bits per heavy atom. The fraction of sp³-hybridized carbons (Fsp3) is 0.111. The molecular formula is C27H21ClN6O4. The third-order valence-electron chi connectivity index (χ3n) is 6.00. The van der Waals surface area contributed by atoms with Gasteiger partial charge in [-0.15, -0.1) is 10.2 Å². The Kier molecular flexibility index (Phi) is 6.96. The smallest absolute Gasteiger partial charge is 0.295 e. The highest BCUT2D eigenvalue weighted by Gasteiger charge is 2.18. The molecule has 0 aliphatic carbocycles. The average molecular weight is 529 g/mol. The van der Waals surface area contributed by atoms with E-state index in [1.807, 2.05) is 12.1 Å². The van der Waals surface area contributed by atoms with Gasteiger partial charge in [0.05, 0.1) is 5.52 Å². The van der Waals surface area contributed by atoms with Gasteiger partial charge in [0.1, 0.15) is 0 Å². The van der Waals surface area contributed by atoms with Crippen LogP contribution in [0, 0.1) is 0 Å². The Bertz CT molecular complexity index is 1700. The normalized spacial score (nSPS) is 11.4. The molecule has 190 valence electrons. The van der Waals surface area contributed by atoms with Crippen molar-refractivity contribution in [2.24, 2.45) is 10.2 Å². The first kappa shape index (κ1) is 24.8. The first-order valence-corrected chi connectivity index (χ1v) is 12.0. The van der Waals surface area contributed by atoms with Crippen LogP contribution in [0.4, 0.5) is 5.69 Å². The van der Waals surface area contributed by atoms with Gasteiger partial charge in [-0.2, -0.15) is 0 Å². The van der Waals surface area contributed by atoms with Gasteiger partial charge in [-0.1, -0.05) is 11.6 Å². The second-order valence-electron chi connectivity index (χ2n) is 8.41. The van der Waals surface area contributed by atoms with E-state index in [0.717, 1.165) is 16.6 Å². The first-order valence-electron chi connectivity index (χ1n) is 11.6. The Morgan fingerprint density at radius 2 is 1.55 bits per heavy atom. The number of amides is 2. The molecule has 0 saturated heterocycles. The monoisotopic (exact) mass is 528 g/mol. The van der Waals surface area contributed by atoms with Crippen molar-refractivity contribution in [3.8, 4) is 11.8 Å². The second kappa shape index (κ2) is 10.7. The zero-order chi connectivity index (χ0) is 26.6. The van der Waals surface area contributed by atoms with E-state index < -0.39 is 11.8 Å². The van der Waals surface area contributed by atoms with Gasteiger partial charge in [-0.05, 0) is 61.0 Å². The standard InChI is InChI=1S/C27H21ClN6O4/c28-18-3-5-20-22(8-12-31-23(20)15-18)30-9-1-13-34-26(37)19-4-2-17(14-21(19)27(34)38)25(36)33-32-24(35)16-6-10-29-11-7-16/h2-8,10-12,14-15,37-38H,1,9,13H2,(H,30,31). The van der Waals surface area contributed by atoms with Crippen molar-refractivity contribution in [2.45, 2.75) is 13.0 Å². The summed E-state index contributed by atoms with van der Waals surface area (Å²) in [7, 11) is 0. The summed E-state index contributed by atoms with van der Waals surface area (Å²) in [5.41, 5.74) is 2.05. The summed E-state index contributed by atoms with van der Waals surface area (Å²) < 4.78 is 1.37. The Morgan fingerprint density at radius 3 is 2.34 bits per heavy atom. The number of nitrogens with zero attached hydrogens (tertiary/aromatic N) is 5. The fourth-order valence-electron chi connectivity index (χ4n) is 4.10. The molecule has 3 N–H and O–H groups in total. The molecule has 5 rings (SSSR count). The van der Waals surface area contributed by atoms with E-state index in [2.05, 4.69) is 25.5 Å². The average Bonchev–Trinajstić information content (AvgIpc) is 3.18. The van der Waals surface area contributed by atoms with Crippen molar-refractivity contribution in [1.29, 1.82) is 0 Å². The lowest BCUT2D eigenvalue weighted by molar-refractivity contribution is 0.0947. The van der Waals surface area contributed by atoms with Crippen LogP contribution in [0.3, 0.4) is 0 Å². The highest BCUT2D eigenvalue weighted by Crippen LogP contribution is 2.37. The number of carbonyl (C=O) groups is 2. The lowest BCUT2D eigenvalue weighted by atomic mass is 10.1. The zero-order valence-corrected chi connectivity index (χ0v) is 20.6. The number of nitrogens with one attached hydrogen (secondary N) is 1. The van der Waals surface area contributed by atoms with E-state index in [-0.39, 0.29) is 28.3 Å². The number of fused-ring (bicyclic) bond motifs is 2. The van der Waals surface area contributed by atoms with Crippen LogP contribution in [-0.2, 0) is 6.54 Å². The van der Waals surface area contributed by atoms with Gasteiger partial charge in [-0.25, -0.2) is 0 Å². The molecule has 0 aliphatic rings. The second-order valence-corrected chi connectivity index (χ2v) is 8.84. The minimum absolute atomic E-state index is 0.113. The van der Waals surface area contributed by atoms with Crippen molar-refractivity contribution in [3.63, 3.8) is 0 Å². The summed E-state index contributed by atoms with van der Waals surface area (Å²) in [6.07, 6.45) is 5.15. The molecule has 0 atom stereocenters. The van der Waals surface area contributed by atoms with Gasteiger partial charge in [0.15, 0.2) is 0 Å². The van der Waals surface area contributed by atoms with Gasteiger partial charge in [0.25, 0.3) is 11.8 Å². The summed E-state index contributed by atoms with van der Waals surface area (Å²) in [6.45, 7) is 0.877. The number of halogens is 1.